The molecule has 19 heavy (non-hydrogen) atoms. The predicted molar refractivity (Wildman–Crippen MR) is 82.9 cm³/mol. The van der Waals surface area contributed by atoms with E-state index in [2.05, 4.69) is 56.2 Å². The molecule has 1 aromatic carbocycles. The number of nitrogens with one attached hydrogen (secondary N) is 1. The van der Waals surface area contributed by atoms with Gasteiger partial charge in [-0.25, -0.2) is 4.98 Å². The summed E-state index contributed by atoms with van der Waals surface area (Å²) in [5, 5.41) is 3.58. The van der Waals surface area contributed by atoms with Gasteiger partial charge in [-0.15, -0.1) is 11.3 Å². The lowest BCUT2D eigenvalue weighted by Crippen LogP contribution is -2.22. The third-order valence-electron chi connectivity index (χ3n) is 3.27. The Morgan fingerprint density at radius 3 is 2.37 bits per heavy atom. The van der Waals surface area contributed by atoms with Gasteiger partial charge in [0.15, 0.2) is 0 Å². The first-order valence-corrected chi connectivity index (χ1v) is 7.68. The molecular formula is C16H22N2S. The van der Waals surface area contributed by atoms with Gasteiger partial charge in [-0.2, -0.15) is 0 Å². The Morgan fingerprint density at radius 1 is 1.16 bits per heavy atom. The number of nitrogens with zero attached hydrogens (tertiary/aromatic N) is 1. The number of likely N-dealkylation sites (N-methyl/N-ethyl adjacent to an activating group) is 1. The minimum absolute atomic E-state index is 0.374. The molecule has 1 atom stereocenters. The molecule has 0 fully saturated rings. The van der Waals surface area contributed by atoms with Crippen LogP contribution >= 0.6 is 11.3 Å². The zero-order valence-electron chi connectivity index (χ0n) is 12.2. The molecule has 2 aromatic rings. The van der Waals surface area contributed by atoms with Crippen molar-refractivity contribution in [1.82, 2.24) is 10.3 Å². The lowest BCUT2D eigenvalue weighted by molar-refractivity contribution is 0.554. The minimum Gasteiger partial charge on any atom is -0.309 e. The molecule has 0 radical (unpaired) electrons. The van der Waals surface area contributed by atoms with Crippen LogP contribution in [-0.2, 0) is 6.42 Å². The summed E-state index contributed by atoms with van der Waals surface area (Å²) in [5.41, 5.74) is 7.17. The third kappa shape index (κ3) is 3.64. The van der Waals surface area contributed by atoms with Gasteiger partial charge < -0.3 is 5.32 Å². The van der Waals surface area contributed by atoms with Gasteiger partial charge in [0.1, 0.15) is 0 Å². The molecule has 0 saturated heterocycles. The normalized spacial score (nSPS) is 12.6. The molecule has 0 amide bonds. The molecule has 1 heterocycles. The van der Waals surface area contributed by atoms with Crippen LogP contribution in [-0.4, -0.2) is 11.5 Å². The Balaban J connectivity index is 2.23. The summed E-state index contributed by atoms with van der Waals surface area (Å²) in [5.74, 6) is 0. The fourth-order valence-electron chi connectivity index (χ4n) is 2.57. The van der Waals surface area contributed by atoms with Gasteiger partial charge in [0.25, 0.3) is 0 Å². The maximum Gasteiger partial charge on any atom is 0.0798 e. The monoisotopic (exact) mass is 274 g/mol. The highest BCUT2D eigenvalue weighted by Gasteiger charge is 2.16. The fraction of sp³-hybridized carbons (Fsp3) is 0.438. The van der Waals surface area contributed by atoms with E-state index in [9.17, 15) is 0 Å². The highest BCUT2D eigenvalue weighted by atomic mass is 32.1. The molecule has 1 aromatic heterocycles. The van der Waals surface area contributed by atoms with Crippen molar-refractivity contribution >= 4 is 11.3 Å². The van der Waals surface area contributed by atoms with Crippen LogP contribution in [0.4, 0.5) is 0 Å². The van der Waals surface area contributed by atoms with Crippen molar-refractivity contribution < 1.29 is 0 Å². The molecule has 0 aliphatic heterocycles. The topological polar surface area (TPSA) is 24.9 Å². The van der Waals surface area contributed by atoms with Crippen molar-refractivity contribution in [3.05, 3.63) is 51.0 Å². The number of aryl methyl sites for hydroxylation is 3. The molecule has 1 unspecified atom stereocenters. The maximum atomic E-state index is 4.38. The van der Waals surface area contributed by atoms with E-state index in [4.69, 9.17) is 0 Å². The van der Waals surface area contributed by atoms with E-state index in [1.165, 1.54) is 21.6 Å². The van der Waals surface area contributed by atoms with Crippen molar-refractivity contribution in [1.29, 1.82) is 0 Å². The van der Waals surface area contributed by atoms with E-state index < -0.39 is 0 Å². The first kappa shape index (κ1) is 14.2. The van der Waals surface area contributed by atoms with Crippen molar-refractivity contribution in [2.75, 3.05) is 6.54 Å². The number of rotatable bonds is 5. The Hall–Kier alpha value is -1.19. The quantitative estimate of drug-likeness (QED) is 0.892. The van der Waals surface area contributed by atoms with Crippen molar-refractivity contribution in [2.45, 2.75) is 40.2 Å². The van der Waals surface area contributed by atoms with Crippen LogP contribution in [0.2, 0.25) is 0 Å². The van der Waals surface area contributed by atoms with Crippen molar-refractivity contribution in [2.24, 2.45) is 0 Å². The minimum atomic E-state index is 0.374. The van der Waals surface area contributed by atoms with Gasteiger partial charge in [0, 0.05) is 10.9 Å². The number of aromatic nitrogens is 1. The molecule has 2 nitrogen and oxygen atoms in total. The predicted octanol–water partition coefficient (Wildman–Crippen LogP) is 3.96. The maximum absolute atomic E-state index is 4.38. The van der Waals surface area contributed by atoms with Gasteiger partial charge in [0.2, 0.25) is 0 Å². The van der Waals surface area contributed by atoms with Crippen LogP contribution < -0.4 is 5.32 Å². The molecule has 3 heteroatoms. The summed E-state index contributed by atoms with van der Waals surface area (Å²) in [4.78, 5) is 5.74. The molecule has 102 valence electrons. The summed E-state index contributed by atoms with van der Waals surface area (Å²) in [6.45, 7) is 9.56. The summed E-state index contributed by atoms with van der Waals surface area (Å²) in [6, 6.07) is 7.17. The molecule has 1 N–H and O–H groups in total. The summed E-state index contributed by atoms with van der Waals surface area (Å²) >= 11 is 1.75. The average Bonchev–Trinajstić information content (AvgIpc) is 2.73. The molecule has 0 spiro atoms. The standard InChI is InChI=1S/C16H22N2S/c1-5-17-15(16-13(4)18-10-19-16)9-14-7-11(2)6-12(3)8-14/h6-8,10,15,17H,5,9H2,1-4H3. The van der Waals surface area contributed by atoms with Crippen LogP contribution in [0, 0.1) is 20.8 Å². The van der Waals surface area contributed by atoms with Crippen molar-refractivity contribution in [3.8, 4) is 0 Å². The van der Waals surface area contributed by atoms with E-state index in [-0.39, 0.29) is 0 Å². The first-order valence-electron chi connectivity index (χ1n) is 6.80. The number of thiazole rings is 1. The zero-order valence-corrected chi connectivity index (χ0v) is 13.0. The van der Waals surface area contributed by atoms with E-state index in [0.717, 1.165) is 18.7 Å². The molecule has 2 rings (SSSR count). The average molecular weight is 274 g/mol. The van der Waals surface area contributed by atoms with Gasteiger partial charge in [-0.1, -0.05) is 36.2 Å². The molecule has 0 saturated carbocycles. The van der Waals surface area contributed by atoms with Gasteiger partial charge in [-0.05, 0) is 39.3 Å². The van der Waals surface area contributed by atoms with Gasteiger partial charge in [-0.3, -0.25) is 0 Å². The molecule has 0 bridgehead atoms. The van der Waals surface area contributed by atoms with E-state index in [1.807, 2.05) is 5.51 Å². The van der Waals surface area contributed by atoms with Gasteiger partial charge >= 0.3 is 0 Å². The Bertz CT molecular complexity index is 525. The van der Waals surface area contributed by atoms with E-state index in [0.29, 0.717) is 6.04 Å². The molecule has 0 aliphatic rings. The molecule has 0 aliphatic carbocycles. The fourth-order valence-corrected chi connectivity index (χ4v) is 3.45. The Labute approximate surface area is 119 Å². The smallest absolute Gasteiger partial charge is 0.0798 e. The van der Waals surface area contributed by atoms with Crippen LogP contribution in [0.1, 0.15) is 40.2 Å². The lowest BCUT2D eigenvalue weighted by Gasteiger charge is -2.18. The lowest BCUT2D eigenvalue weighted by atomic mass is 10.00. The van der Waals surface area contributed by atoms with Crippen LogP contribution in [0.25, 0.3) is 0 Å². The Morgan fingerprint density at radius 2 is 1.84 bits per heavy atom. The number of hydrogen-bond donors (Lipinski definition) is 1. The Kier molecular flexibility index (Phi) is 4.72. The largest absolute Gasteiger partial charge is 0.309 e. The van der Waals surface area contributed by atoms with E-state index >= 15 is 0 Å². The third-order valence-corrected chi connectivity index (χ3v) is 4.32. The van der Waals surface area contributed by atoms with Crippen molar-refractivity contribution in [3.63, 3.8) is 0 Å². The second-order valence-electron chi connectivity index (χ2n) is 5.11. The summed E-state index contributed by atoms with van der Waals surface area (Å²) in [6.07, 6.45) is 1.03. The van der Waals surface area contributed by atoms with Crippen LogP contribution in [0.15, 0.2) is 23.7 Å². The zero-order chi connectivity index (χ0) is 13.8. The molecular weight excluding hydrogens is 252 g/mol. The second kappa shape index (κ2) is 6.31. The van der Waals surface area contributed by atoms with E-state index in [1.54, 1.807) is 11.3 Å². The SMILES string of the molecule is CCNC(Cc1cc(C)cc(C)c1)c1scnc1C. The van der Waals surface area contributed by atoms with Gasteiger partial charge in [0.05, 0.1) is 11.2 Å². The summed E-state index contributed by atoms with van der Waals surface area (Å²) < 4.78 is 0. The second-order valence-corrected chi connectivity index (χ2v) is 6.00. The number of hydrogen-bond acceptors (Lipinski definition) is 3. The first-order chi connectivity index (χ1) is 9.10. The van der Waals surface area contributed by atoms with Crippen LogP contribution in [0.5, 0.6) is 0 Å². The highest BCUT2D eigenvalue weighted by molar-refractivity contribution is 7.09. The highest BCUT2D eigenvalue weighted by Crippen LogP contribution is 2.25. The van der Waals surface area contributed by atoms with Crippen LogP contribution in [0.3, 0.4) is 0 Å². The number of benzene rings is 1. The summed E-state index contributed by atoms with van der Waals surface area (Å²) in [7, 11) is 0.